The first-order valence-electron chi connectivity index (χ1n) is 6.08. The average Bonchev–Trinajstić information content (AvgIpc) is 3.09. The summed E-state index contributed by atoms with van der Waals surface area (Å²) in [5.74, 6) is -1.68. The molecule has 3 rings (SSSR count). The predicted octanol–water partition coefficient (Wildman–Crippen LogP) is -0.113. The summed E-state index contributed by atoms with van der Waals surface area (Å²) in [5, 5.41) is 13.4. The third-order valence-corrected chi connectivity index (χ3v) is 2.89. The summed E-state index contributed by atoms with van der Waals surface area (Å²) in [6, 6.07) is 6.27. The molecule has 0 aliphatic carbocycles. The summed E-state index contributed by atoms with van der Waals surface area (Å²) in [4.78, 5) is 40.4. The minimum atomic E-state index is -0.727. The largest absolute Gasteiger partial charge is 0.333 e. The van der Waals surface area contributed by atoms with Gasteiger partial charge in [0.05, 0.1) is 17.5 Å². The molecule has 0 fully saturated rings. The molecule has 1 aromatic carbocycles. The SMILES string of the molecule is O=C(CCc1nn[nH]n1)ON1C(=O)c2ccccc2C1=O. The summed E-state index contributed by atoms with van der Waals surface area (Å²) < 4.78 is 0. The monoisotopic (exact) mass is 287 g/mol. The van der Waals surface area contributed by atoms with Crippen LogP contribution in [-0.2, 0) is 16.1 Å². The number of carbonyl (C=O) groups is 3. The molecule has 9 nitrogen and oxygen atoms in total. The Balaban J connectivity index is 1.65. The van der Waals surface area contributed by atoms with E-state index in [1.807, 2.05) is 0 Å². The number of benzene rings is 1. The van der Waals surface area contributed by atoms with Gasteiger partial charge in [-0.15, -0.1) is 10.2 Å². The highest BCUT2D eigenvalue weighted by molar-refractivity contribution is 6.20. The lowest BCUT2D eigenvalue weighted by atomic mass is 10.1. The quantitative estimate of drug-likeness (QED) is 0.779. The van der Waals surface area contributed by atoms with E-state index in [9.17, 15) is 14.4 Å². The minimum absolute atomic E-state index is 0.0764. The molecule has 0 bridgehead atoms. The van der Waals surface area contributed by atoms with Crippen molar-refractivity contribution in [1.82, 2.24) is 25.7 Å². The number of amides is 2. The van der Waals surface area contributed by atoms with Crippen molar-refractivity contribution in [3.05, 3.63) is 41.2 Å². The molecule has 9 heteroatoms. The lowest BCUT2D eigenvalue weighted by Gasteiger charge is -2.12. The molecule has 1 aliphatic heterocycles. The Labute approximate surface area is 117 Å². The van der Waals surface area contributed by atoms with Gasteiger partial charge in [-0.2, -0.15) is 5.21 Å². The molecule has 0 atom stereocenters. The fraction of sp³-hybridized carbons (Fsp3) is 0.167. The van der Waals surface area contributed by atoms with Crippen molar-refractivity contribution in [3.63, 3.8) is 0 Å². The van der Waals surface area contributed by atoms with E-state index >= 15 is 0 Å². The Bertz CT molecular complexity index is 677. The van der Waals surface area contributed by atoms with Gasteiger partial charge in [0.2, 0.25) is 0 Å². The van der Waals surface area contributed by atoms with Crippen LogP contribution in [0.3, 0.4) is 0 Å². The van der Waals surface area contributed by atoms with Gasteiger partial charge in [0.15, 0.2) is 5.82 Å². The standard InChI is InChI=1S/C12H9N5O4/c18-10(6-5-9-13-15-16-14-9)21-17-11(19)7-3-1-2-4-8(7)12(17)20/h1-4H,5-6H2,(H,13,14,15,16). The molecular formula is C12H9N5O4. The summed E-state index contributed by atoms with van der Waals surface area (Å²) in [6.07, 6.45) is 0.117. The lowest BCUT2D eigenvalue weighted by molar-refractivity contribution is -0.168. The maximum atomic E-state index is 12.0. The molecule has 2 aromatic rings. The zero-order valence-electron chi connectivity index (χ0n) is 10.6. The van der Waals surface area contributed by atoms with E-state index in [0.717, 1.165) is 0 Å². The molecule has 0 spiro atoms. The van der Waals surface area contributed by atoms with Crippen LogP contribution in [0.25, 0.3) is 0 Å². The van der Waals surface area contributed by atoms with Crippen molar-refractivity contribution in [2.45, 2.75) is 12.8 Å². The van der Waals surface area contributed by atoms with Crippen LogP contribution in [0.1, 0.15) is 33.0 Å². The van der Waals surface area contributed by atoms with E-state index < -0.39 is 17.8 Å². The number of aryl methyl sites for hydroxylation is 1. The zero-order valence-corrected chi connectivity index (χ0v) is 10.6. The van der Waals surface area contributed by atoms with Gasteiger partial charge in [-0.25, -0.2) is 4.79 Å². The van der Waals surface area contributed by atoms with Crippen molar-refractivity contribution in [1.29, 1.82) is 0 Å². The van der Waals surface area contributed by atoms with E-state index in [1.165, 1.54) is 12.1 Å². The third-order valence-electron chi connectivity index (χ3n) is 2.89. The van der Waals surface area contributed by atoms with Crippen molar-refractivity contribution in [2.24, 2.45) is 0 Å². The van der Waals surface area contributed by atoms with E-state index in [-0.39, 0.29) is 24.0 Å². The first-order chi connectivity index (χ1) is 10.2. The smallest absolute Gasteiger partial charge is 0.330 e. The Hall–Kier alpha value is -3.10. The number of fused-ring (bicyclic) bond motifs is 1. The molecule has 0 radical (unpaired) electrons. The van der Waals surface area contributed by atoms with Crippen molar-refractivity contribution in [3.8, 4) is 0 Å². The number of imide groups is 1. The highest BCUT2D eigenvalue weighted by Crippen LogP contribution is 2.22. The first kappa shape index (κ1) is 12.9. The Kier molecular flexibility index (Phi) is 3.14. The predicted molar refractivity (Wildman–Crippen MR) is 65.5 cm³/mol. The van der Waals surface area contributed by atoms with Crippen LogP contribution in [0.2, 0.25) is 0 Å². The van der Waals surface area contributed by atoms with Crippen molar-refractivity contribution >= 4 is 17.8 Å². The number of hydroxylamine groups is 2. The second-order valence-corrected chi connectivity index (χ2v) is 4.24. The summed E-state index contributed by atoms with van der Waals surface area (Å²) >= 11 is 0. The molecule has 21 heavy (non-hydrogen) atoms. The van der Waals surface area contributed by atoms with Crippen LogP contribution in [0.15, 0.2) is 24.3 Å². The molecule has 2 heterocycles. The number of hydrogen-bond donors (Lipinski definition) is 1. The van der Waals surface area contributed by atoms with Crippen LogP contribution < -0.4 is 0 Å². The molecule has 1 aromatic heterocycles. The normalized spacial score (nSPS) is 13.4. The van der Waals surface area contributed by atoms with Gasteiger partial charge in [-0.3, -0.25) is 9.59 Å². The third kappa shape index (κ3) is 2.36. The van der Waals surface area contributed by atoms with Crippen LogP contribution >= 0.6 is 0 Å². The average molecular weight is 287 g/mol. The van der Waals surface area contributed by atoms with Gasteiger partial charge in [0.1, 0.15) is 0 Å². The summed E-state index contributed by atoms with van der Waals surface area (Å²) in [5.41, 5.74) is 0.432. The Morgan fingerprint density at radius 3 is 2.43 bits per heavy atom. The van der Waals surface area contributed by atoms with Crippen molar-refractivity contribution in [2.75, 3.05) is 0 Å². The Morgan fingerprint density at radius 1 is 1.19 bits per heavy atom. The molecule has 0 unspecified atom stereocenters. The molecule has 106 valence electrons. The second kappa shape index (κ2) is 5.12. The molecule has 0 saturated carbocycles. The van der Waals surface area contributed by atoms with Crippen molar-refractivity contribution < 1.29 is 19.2 Å². The number of H-pyrrole nitrogens is 1. The van der Waals surface area contributed by atoms with Crippen LogP contribution in [0.4, 0.5) is 0 Å². The van der Waals surface area contributed by atoms with E-state index in [0.29, 0.717) is 10.9 Å². The van der Waals surface area contributed by atoms with Gasteiger partial charge < -0.3 is 4.84 Å². The summed E-state index contributed by atoms with van der Waals surface area (Å²) in [7, 11) is 0. The number of nitrogens with zero attached hydrogens (tertiary/aromatic N) is 4. The molecule has 2 amide bonds. The van der Waals surface area contributed by atoms with Gasteiger partial charge in [-0.05, 0) is 12.1 Å². The lowest BCUT2D eigenvalue weighted by Crippen LogP contribution is -2.32. The maximum absolute atomic E-state index is 12.0. The number of nitrogens with one attached hydrogen (secondary N) is 1. The molecule has 1 aliphatic rings. The van der Waals surface area contributed by atoms with Crippen LogP contribution in [0.5, 0.6) is 0 Å². The fourth-order valence-corrected chi connectivity index (χ4v) is 1.90. The number of aromatic nitrogens is 4. The fourth-order valence-electron chi connectivity index (χ4n) is 1.90. The van der Waals surface area contributed by atoms with E-state index in [2.05, 4.69) is 20.6 Å². The second-order valence-electron chi connectivity index (χ2n) is 4.24. The highest BCUT2D eigenvalue weighted by Gasteiger charge is 2.38. The van der Waals surface area contributed by atoms with Crippen LogP contribution in [0, 0.1) is 0 Å². The maximum Gasteiger partial charge on any atom is 0.333 e. The number of tetrazole rings is 1. The van der Waals surface area contributed by atoms with E-state index in [1.54, 1.807) is 12.1 Å². The number of rotatable bonds is 4. The number of carbonyl (C=O) groups excluding carboxylic acids is 3. The van der Waals surface area contributed by atoms with Gasteiger partial charge in [-0.1, -0.05) is 22.4 Å². The molecule has 0 saturated heterocycles. The van der Waals surface area contributed by atoms with Gasteiger partial charge in [0, 0.05) is 6.42 Å². The van der Waals surface area contributed by atoms with Gasteiger partial charge >= 0.3 is 5.97 Å². The Morgan fingerprint density at radius 2 is 1.86 bits per heavy atom. The van der Waals surface area contributed by atoms with E-state index in [4.69, 9.17) is 4.84 Å². The van der Waals surface area contributed by atoms with Gasteiger partial charge in [0.25, 0.3) is 11.8 Å². The minimum Gasteiger partial charge on any atom is -0.330 e. The highest BCUT2D eigenvalue weighted by atomic mass is 16.7. The number of aromatic amines is 1. The van der Waals surface area contributed by atoms with Crippen LogP contribution in [-0.4, -0.2) is 43.5 Å². The molecular weight excluding hydrogens is 278 g/mol. The molecule has 1 N–H and O–H groups in total. The topological polar surface area (TPSA) is 118 Å². The summed E-state index contributed by atoms with van der Waals surface area (Å²) in [6.45, 7) is 0. The zero-order chi connectivity index (χ0) is 14.8. The first-order valence-corrected chi connectivity index (χ1v) is 6.08. The number of hydrogen-bond acceptors (Lipinski definition) is 7.